The molecule has 0 unspecified atom stereocenters. The summed E-state index contributed by atoms with van der Waals surface area (Å²) < 4.78 is 12.6. The molecule has 0 radical (unpaired) electrons. The molecule has 0 aliphatic heterocycles. The predicted octanol–water partition coefficient (Wildman–Crippen LogP) is 1.16. The minimum absolute atomic E-state index is 0.173. The van der Waals surface area contributed by atoms with Crippen LogP contribution >= 0.6 is 0 Å². The average Bonchev–Trinajstić information content (AvgIpc) is 2.25. The normalized spacial score (nSPS) is 10.0. The molecule has 0 spiro atoms. The van der Waals surface area contributed by atoms with Crippen LogP contribution in [0.1, 0.15) is 17.3 Å². The molecule has 1 aromatic rings. The Bertz CT molecular complexity index is 311. The summed E-state index contributed by atoms with van der Waals surface area (Å²) in [6, 6.07) is 5.49. The number of amides is 1. The molecule has 82 valence electrons. The van der Waals surface area contributed by atoms with Gasteiger partial charge in [0.05, 0.1) is 0 Å². The molecule has 15 heavy (non-hydrogen) atoms. The van der Waals surface area contributed by atoms with Crippen LogP contribution in [-0.2, 0) is 0 Å². The number of benzene rings is 1. The maximum Gasteiger partial charge on any atom is 0.251 e. The molecule has 0 heterocycles. The monoisotopic (exact) mass is 210 g/mol. The Morgan fingerprint density at radius 3 is 2.53 bits per heavy atom. The van der Waals surface area contributed by atoms with E-state index < -0.39 is 0 Å². The van der Waals surface area contributed by atoms with Crippen molar-refractivity contribution in [1.29, 1.82) is 0 Å². The van der Waals surface area contributed by atoms with Crippen molar-refractivity contribution in [2.45, 2.75) is 6.92 Å². The van der Waals surface area contributed by atoms with E-state index in [1.54, 1.807) is 0 Å². The van der Waals surface area contributed by atoms with Crippen LogP contribution in [0.5, 0.6) is 0 Å². The Balaban J connectivity index is 2.37. The third-order valence-corrected chi connectivity index (χ3v) is 1.94. The van der Waals surface area contributed by atoms with Gasteiger partial charge in [-0.1, -0.05) is 6.92 Å². The molecule has 3 nitrogen and oxygen atoms in total. The summed E-state index contributed by atoms with van der Waals surface area (Å²) in [5.74, 6) is -0.507. The lowest BCUT2D eigenvalue weighted by molar-refractivity contribution is 0.0954. The summed E-state index contributed by atoms with van der Waals surface area (Å²) in [6.45, 7) is 4.20. The van der Waals surface area contributed by atoms with Gasteiger partial charge in [-0.2, -0.15) is 0 Å². The smallest absolute Gasteiger partial charge is 0.251 e. The largest absolute Gasteiger partial charge is 0.351 e. The first-order valence-electron chi connectivity index (χ1n) is 4.98. The molecular weight excluding hydrogens is 195 g/mol. The Kier molecular flexibility index (Phi) is 4.77. The Morgan fingerprint density at radius 2 is 1.93 bits per heavy atom. The van der Waals surface area contributed by atoms with E-state index in [9.17, 15) is 9.18 Å². The lowest BCUT2D eigenvalue weighted by atomic mass is 10.2. The van der Waals surface area contributed by atoms with Gasteiger partial charge in [-0.25, -0.2) is 4.39 Å². The molecule has 1 rings (SSSR count). The molecule has 1 amide bonds. The fraction of sp³-hybridized carbons (Fsp3) is 0.364. The molecule has 0 aliphatic carbocycles. The van der Waals surface area contributed by atoms with Crippen LogP contribution < -0.4 is 10.6 Å². The van der Waals surface area contributed by atoms with E-state index in [0.717, 1.165) is 13.1 Å². The molecule has 0 saturated carbocycles. The van der Waals surface area contributed by atoms with Gasteiger partial charge in [-0.15, -0.1) is 0 Å². The van der Waals surface area contributed by atoms with Gasteiger partial charge in [-0.3, -0.25) is 4.79 Å². The highest BCUT2D eigenvalue weighted by molar-refractivity contribution is 5.94. The van der Waals surface area contributed by atoms with Crippen molar-refractivity contribution in [3.8, 4) is 0 Å². The van der Waals surface area contributed by atoms with Gasteiger partial charge in [0, 0.05) is 18.7 Å². The van der Waals surface area contributed by atoms with Crippen LogP contribution in [-0.4, -0.2) is 25.5 Å². The van der Waals surface area contributed by atoms with E-state index in [0.29, 0.717) is 12.1 Å². The molecule has 0 aromatic heterocycles. The van der Waals surface area contributed by atoms with Crippen LogP contribution in [0.4, 0.5) is 4.39 Å². The van der Waals surface area contributed by atoms with Crippen molar-refractivity contribution in [3.63, 3.8) is 0 Å². The summed E-state index contributed by atoms with van der Waals surface area (Å²) in [5, 5.41) is 5.82. The van der Waals surface area contributed by atoms with E-state index in [2.05, 4.69) is 10.6 Å². The molecule has 0 bridgehead atoms. The van der Waals surface area contributed by atoms with Gasteiger partial charge in [0.15, 0.2) is 0 Å². The van der Waals surface area contributed by atoms with Crippen molar-refractivity contribution in [1.82, 2.24) is 10.6 Å². The number of halogens is 1. The SMILES string of the molecule is CCNCCNC(=O)c1ccc(F)cc1. The van der Waals surface area contributed by atoms with Crippen molar-refractivity contribution in [2.75, 3.05) is 19.6 Å². The fourth-order valence-electron chi connectivity index (χ4n) is 1.14. The number of rotatable bonds is 5. The van der Waals surface area contributed by atoms with E-state index >= 15 is 0 Å². The number of carbonyl (C=O) groups excluding carboxylic acids is 1. The Morgan fingerprint density at radius 1 is 1.27 bits per heavy atom. The highest BCUT2D eigenvalue weighted by atomic mass is 19.1. The highest BCUT2D eigenvalue weighted by Crippen LogP contribution is 2.01. The van der Waals surface area contributed by atoms with Crippen LogP contribution in [0.2, 0.25) is 0 Å². The summed E-state index contributed by atoms with van der Waals surface area (Å²) in [7, 11) is 0. The van der Waals surface area contributed by atoms with Gasteiger partial charge in [0.25, 0.3) is 5.91 Å². The second-order valence-corrected chi connectivity index (χ2v) is 3.12. The summed E-state index contributed by atoms with van der Waals surface area (Å²) in [6.07, 6.45) is 0. The number of hydrogen-bond acceptors (Lipinski definition) is 2. The van der Waals surface area contributed by atoms with Crippen LogP contribution in [0.15, 0.2) is 24.3 Å². The highest BCUT2D eigenvalue weighted by Gasteiger charge is 2.03. The first-order valence-corrected chi connectivity index (χ1v) is 4.98. The van der Waals surface area contributed by atoms with E-state index in [1.807, 2.05) is 6.92 Å². The van der Waals surface area contributed by atoms with Crippen LogP contribution in [0, 0.1) is 5.82 Å². The minimum atomic E-state index is -0.334. The topological polar surface area (TPSA) is 41.1 Å². The van der Waals surface area contributed by atoms with Crippen molar-refractivity contribution >= 4 is 5.91 Å². The van der Waals surface area contributed by atoms with Gasteiger partial charge in [0.1, 0.15) is 5.82 Å². The quantitative estimate of drug-likeness (QED) is 0.716. The lowest BCUT2D eigenvalue weighted by Crippen LogP contribution is -2.31. The standard InChI is InChI=1S/C11H15FN2O/c1-2-13-7-8-14-11(15)9-3-5-10(12)6-4-9/h3-6,13H,2,7-8H2,1H3,(H,14,15). The lowest BCUT2D eigenvalue weighted by Gasteiger charge is -2.05. The second-order valence-electron chi connectivity index (χ2n) is 3.12. The number of hydrogen-bond donors (Lipinski definition) is 2. The molecule has 4 heteroatoms. The third kappa shape index (κ3) is 4.08. The van der Waals surface area contributed by atoms with Crippen molar-refractivity contribution < 1.29 is 9.18 Å². The van der Waals surface area contributed by atoms with E-state index in [4.69, 9.17) is 0 Å². The summed E-state index contributed by atoms with van der Waals surface area (Å²) in [4.78, 5) is 11.5. The molecule has 0 atom stereocenters. The Hall–Kier alpha value is -1.42. The van der Waals surface area contributed by atoms with Gasteiger partial charge < -0.3 is 10.6 Å². The molecule has 0 aliphatic rings. The zero-order chi connectivity index (χ0) is 11.1. The molecule has 0 saturated heterocycles. The zero-order valence-electron chi connectivity index (χ0n) is 8.72. The zero-order valence-corrected chi connectivity index (χ0v) is 8.72. The van der Waals surface area contributed by atoms with E-state index in [-0.39, 0.29) is 11.7 Å². The minimum Gasteiger partial charge on any atom is -0.351 e. The molecular formula is C11H15FN2O. The van der Waals surface area contributed by atoms with Gasteiger partial charge in [0.2, 0.25) is 0 Å². The van der Waals surface area contributed by atoms with Crippen molar-refractivity contribution in [2.24, 2.45) is 0 Å². The maximum atomic E-state index is 12.6. The molecule has 1 aromatic carbocycles. The van der Waals surface area contributed by atoms with E-state index in [1.165, 1.54) is 24.3 Å². The first-order chi connectivity index (χ1) is 7.24. The second kappa shape index (κ2) is 6.14. The summed E-state index contributed by atoms with van der Waals surface area (Å²) in [5.41, 5.74) is 0.480. The Labute approximate surface area is 88.7 Å². The third-order valence-electron chi connectivity index (χ3n) is 1.94. The molecule has 0 fully saturated rings. The summed E-state index contributed by atoms with van der Waals surface area (Å²) >= 11 is 0. The number of nitrogens with one attached hydrogen (secondary N) is 2. The van der Waals surface area contributed by atoms with Crippen LogP contribution in [0.25, 0.3) is 0 Å². The molecule has 2 N–H and O–H groups in total. The van der Waals surface area contributed by atoms with Gasteiger partial charge >= 0.3 is 0 Å². The van der Waals surface area contributed by atoms with Crippen LogP contribution in [0.3, 0.4) is 0 Å². The first kappa shape index (κ1) is 11.7. The fourth-order valence-corrected chi connectivity index (χ4v) is 1.14. The van der Waals surface area contributed by atoms with Crippen molar-refractivity contribution in [3.05, 3.63) is 35.6 Å². The maximum absolute atomic E-state index is 12.6. The number of likely N-dealkylation sites (N-methyl/N-ethyl adjacent to an activating group) is 1. The van der Waals surface area contributed by atoms with Gasteiger partial charge in [-0.05, 0) is 30.8 Å². The predicted molar refractivity (Wildman–Crippen MR) is 57.3 cm³/mol. The average molecular weight is 210 g/mol. The number of carbonyl (C=O) groups is 1.